The molecule has 2 heterocycles. The van der Waals surface area contributed by atoms with Gasteiger partial charge in [-0.2, -0.15) is 4.98 Å². The minimum atomic E-state index is -1.53. The van der Waals surface area contributed by atoms with Crippen molar-refractivity contribution in [2.24, 2.45) is 0 Å². The van der Waals surface area contributed by atoms with Crippen molar-refractivity contribution in [3.05, 3.63) is 111 Å². The number of hydrogen-bond donors (Lipinski definition) is 3. The molecule has 44 heavy (non-hydrogen) atoms. The molecule has 0 amide bonds. The Labute approximate surface area is 255 Å². The van der Waals surface area contributed by atoms with Crippen molar-refractivity contribution < 1.29 is 28.2 Å². The van der Waals surface area contributed by atoms with E-state index in [0.29, 0.717) is 22.6 Å². The van der Waals surface area contributed by atoms with Gasteiger partial charge in [-0.25, -0.2) is 18.6 Å². The van der Waals surface area contributed by atoms with Gasteiger partial charge in [-0.15, -0.1) is 12.4 Å². The standard InChI is InChI=1S/C31H23F2N5O5.ClH/c1-42-24-12-16(11-18-14-36-31(35)37-29(18)34)10-17(28(24)43-2)8-9-20-23(32)13-21-26(25(20)33)38(19-6-4-3-5-7-19)15-22(27(21)39)30(40)41;/h3-7,10,12-15H,11H2,1-2H3,(H,40,41)(H4,34,35,36,37);1H. The van der Waals surface area contributed by atoms with Crippen LogP contribution in [0.1, 0.15) is 32.6 Å². The van der Waals surface area contributed by atoms with Crippen LogP contribution in [0.4, 0.5) is 20.5 Å². The fraction of sp³-hybridized carbons (Fsp3) is 0.0968. The Bertz CT molecular complexity index is 2040. The third-order valence-electron chi connectivity index (χ3n) is 6.62. The molecule has 10 nitrogen and oxygen atoms in total. The topological polar surface area (TPSA) is 156 Å². The van der Waals surface area contributed by atoms with E-state index in [9.17, 15) is 14.7 Å². The lowest BCUT2D eigenvalue weighted by atomic mass is 10.0. The minimum Gasteiger partial charge on any atom is -0.493 e. The number of methoxy groups -OCH3 is 2. The Morgan fingerprint density at radius 3 is 2.43 bits per heavy atom. The number of pyridine rings is 1. The highest BCUT2D eigenvalue weighted by molar-refractivity contribution is 5.94. The molecule has 5 N–H and O–H groups in total. The number of para-hydroxylation sites is 1. The first kappa shape index (κ1) is 31.3. The quantitative estimate of drug-likeness (QED) is 0.235. The van der Waals surface area contributed by atoms with E-state index in [0.717, 1.165) is 12.3 Å². The van der Waals surface area contributed by atoms with Crippen molar-refractivity contribution in [3.63, 3.8) is 0 Å². The average molecular weight is 620 g/mol. The number of ether oxygens (including phenoxy) is 2. The van der Waals surface area contributed by atoms with Crippen LogP contribution in [0.2, 0.25) is 0 Å². The van der Waals surface area contributed by atoms with E-state index in [1.807, 2.05) is 0 Å². The number of carbonyl (C=O) groups is 1. The second-order valence-corrected chi connectivity index (χ2v) is 9.27. The van der Waals surface area contributed by atoms with E-state index in [1.165, 1.54) is 25.0 Å². The van der Waals surface area contributed by atoms with E-state index >= 15 is 8.78 Å². The molecule has 0 spiro atoms. The van der Waals surface area contributed by atoms with Crippen molar-refractivity contribution in [1.82, 2.24) is 14.5 Å². The maximum atomic E-state index is 16.1. The van der Waals surface area contributed by atoms with E-state index in [-0.39, 0.29) is 47.4 Å². The molecule has 224 valence electrons. The first-order valence-corrected chi connectivity index (χ1v) is 12.6. The van der Waals surface area contributed by atoms with Gasteiger partial charge in [0.2, 0.25) is 11.4 Å². The largest absolute Gasteiger partial charge is 0.493 e. The van der Waals surface area contributed by atoms with Crippen LogP contribution >= 0.6 is 12.4 Å². The SMILES string of the molecule is COc1cc(Cc2cnc(N)nc2N)cc(C#Cc2c(F)cc3c(=O)c(C(=O)O)cn(-c4ccccc4)c3c2F)c1OC.Cl. The highest BCUT2D eigenvalue weighted by atomic mass is 35.5. The molecule has 2 aromatic heterocycles. The second kappa shape index (κ2) is 12.7. The maximum absolute atomic E-state index is 16.1. The van der Waals surface area contributed by atoms with E-state index in [2.05, 4.69) is 21.8 Å². The van der Waals surface area contributed by atoms with Crippen molar-refractivity contribution in [2.45, 2.75) is 6.42 Å². The Kier molecular flexibility index (Phi) is 9.01. The highest BCUT2D eigenvalue weighted by Crippen LogP contribution is 2.34. The minimum absolute atomic E-state index is 0. The molecule has 0 aliphatic carbocycles. The van der Waals surface area contributed by atoms with E-state index < -0.39 is 39.5 Å². The Hall–Kier alpha value is -5.67. The van der Waals surface area contributed by atoms with Gasteiger partial charge in [0, 0.05) is 30.1 Å². The normalized spacial score (nSPS) is 10.5. The predicted molar refractivity (Wildman–Crippen MR) is 163 cm³/mol. The average Bonchev–Trinajstić information content (AvgIpc) is 2.99. The molecule has 3 aromatic carbocycles. The summed E-state index contributed by atoms with van der Waals surface area (Å²) in [5.41, 5.74) is 10.8. The van der Waals surface area contributed by atoms with Gasteiger partial charge in [0.15, 0.2) is 17.3 Å². The monoisotopic (exact) mass is 619 g/mol. The molecule has 5 rings (SSSR count). The molecule has 0 saturated heterocycles. The maximum Gasteiger partial charge on any atom is 0.341 e. The molecule has 0 aliphatic heterocycles. The summed E-state index contributed by atoms with van der Waals surface area (Å²) in [6.07, 6.45) is 2.75. The van der Waals surface area contributed by atoms with Crippen LogP contribution in [0.15, 0.2) is 65.7 Å². The number of halogens is 3. The summed E-state index contributed by atoms with van der Waals surface area (Å²) >= 11 is 0. The molecule has 0 fully saturated rings. The number of aromatic nitrogens is 3. The van der Waals surface area contributed by atoms with Gasteiger partial charge in [-0.3, -0.25) is 4.79 Å². The van der Waals surface area contributed by atoms with Crippen LogP contribution in [-0.4, -0.2) is 39.8 Å². The summed E-state index contributed by atoms with van der Waals surface area (Å²) < 4.78 is 43.6. The van der Waals surface area contributed by atoms with Crippen molar-refractivity contribution >= 4 is 41.0 Å². The Morgan fingerprint density at radius 2 is 1.80 bits per heavy atom. The number of nitrogens with zero attached hydrogens (tertiary/aromatic N) is 3. The van der Waals surface area contributed by atoms with Crippen LogP contribution in [0, 0.1) is 23.5 Å². The van der Waals surface area contributed by atoms with Crippen LogP contribution < -0.4 is 26.4 Å². The summed E-state index contributed by atoms with van der Waals surface area (Å²) in [6.45, 7) is 0. The van der Waals surface area contributed by atoms with Crippen LogP contribution in [0.3, 0.4) is 0 Å². The molecule has 0 bridgehead atoms. The van der Waals surface area contributed by atoms with Gasteiger partial charge in [0.1, 0.15) is 17.2 Å². The third-order valence-corrected chi connectivity index (χ3v) is 6.62. The first-order chi connectivity index (χ1) is 20.6. The molecule has 5 aromatic rings. The first-order valence-electron chi connectivity index (χ1n) is 12.6. The lowest BCUT2D eigenvalue weighted by Crippen LogP contribution is -2.19. The lowest BCUT2D eigenvalue weighted by Gasteiger charge is -2.14. The van der Waals surface area contributed by atoms with Crippen LogP contribution in [-0.2, 0) is 6.42 Å². The summed E-state index contributed by atoms with van der Waals surface area (Å²) in [4.78, 5) is 32.6. The number of rotatable bonds is 6. The van der Waals surface area contributed by atoms with Gasteiger partial charge in [0.05, 0.1) is 36.2 Å². The number of nitrogens with two attached hydrogens (primary N) is 2. The summed E-state index contributed by atoms with van der Waals surface area (Å²) in [6, 6.07) is 12.3. The second-order valence-electron chi connectivity index (χ2n) is 9.27. The van der Waals surface area contributed by atoms with Gasteiger partial charge in [-0.05, 0) is 35.9 Å². The molecule has 0 radical (unpaired) electrons. The van der Waals surface area contributed by atoms with Crippen LogP contribution in [0.25, 0.3) is 16.6 Å². The third kappa shape index (κ3) is 5.81. The van der Waals surface area contributed by atoms with Gasteiger partial charge >= 0.3 is 5.97 Å². The highest BCUT2D eigenvalue weighted by Gasteiger charge is 2.22. The van der Waals surface area contributed by atoms with Crippen molar-refractivity contribution in [2.75, 3.05) is 25.7 Å². The molecule has 0 unspecified atom stereocenters. The van der Waals surface area contributed by atoms with Crippen molar-refractivity contribution in [1.29, 1.82) is 0 Å². The zero-order chi connectivity index (χ0) is 30.8. The molecule has 0 aliphatic rings. The number of nitrogen functional groups attached to an aromatic ring is 2. The van der Waals surface area contributed by atoms with Crippen LogP contribution in [0.5, 0.6) is 11.5 Å². The number of carboxylic acids is 1. The van der Waals surface area contributed by atoms with Gasteiger partial charge in [0.25, 0.3) is 0 Å². The number of benzene rings is 3. The summed E-state index contributed by atoms with van der Waals surface area (Å²) in [5, 5.41) is 9.12. The molecule has 0 saturated carbocycles. The van der Waals surface area contributed by atoms with E-state index in [4.69, 9.17) is 20.9 Å². The molecular formula is C31H24ClF2N5O5. The number of anilines is 2. The zero-order valence-electron chi connectivity index (χ0n) is 23.2. The summed E-state index contributed by atoms with van der Waals surface area (Å²) in [7, 11) is 2.82. The molecule has 0 atom stereocenters. The van der Waals surface area contributed by atoms with Gasteiger partial charge in [-0.1, -0.05) is 30.0 Å². The van der Waals surface area contributed by atoms with Crippen molar-refractivity contribution in [3.8, 4) is 29.0 Å². The number of hydrogen-bond acceptors (Lipinski definition) is 8. The summed E-state index contributed by atoms with van der Waals surface area (Å²) in [5.74, 6) is 2.19. The van der Waals surface area contributed by atoms with E-state index in [1.54, 1.807) is 42.5 Å². The number of carboxylic acid groups (broad SMARTS) is 1. The smallest absolute Gasteiger partial charge is 0.341 e. The predicted octanol–water partition coefficient (Wildman–Crippen LogP) is 4.35. The fourth-order valence-corrected chi connectivity index (χ4v) is 4.61. The number of fused-ring (bicyclic) bond motifs is 1. The number of aromatic carboxylic acids is 1. The fourth-order valence-electron chi connectivity index (χ4n) is 4.61. The lowest BCUT2D eigenvalue weighted by molar-refractivity contribution is 0.0695. The van der Waals surface area contributed by atoms with Gasteiger partial charge < -0.3 is 30.6 Å². The Balaban J connectivity index is 0.00000442. The molecular weight excluding hydrogens is 596 g/mol. The zero-order valence-corrected chi connectivity index (χ0v) is 24.0. The Morgan fingerprint density at radius 1 is 1.07 bits per heavy atom. The molecule has 13 heteroatoms.